The Kier molecular flexibility index (Phi) is 8.56. The SMILES string of the molecule is COc1cc(C(=O)NC(C)(CN)CC(C)C)ccc1OCC(=O)NC(C)C. The van der Waals surface area contributed by atoms with Gasteiger partial charge in [-0.05, 0) is 51.3 Å². The molecule has 0 aromatic heterocycles. The van der Waals surface area contributed by atoms with E-state index in [1.807, 2.05) is 20.8 Å². The van der Waals surface area contributed by atoms with Gasteiger partial charge in [-0.15, -0.1) is 0 Å². The molecule has 0 aliphatic heterocycles. The molecule has 0 fully saturated rings. The molecule has 1 aromatic carbocycles. The predicted molar refractivity (Wildman–Crippen MR) is 106 cm³/mol. The minimum Gasteiger partial charge on any atom is -0.493 e. The normalized spacial score (nSPS) is 13.2. The van der Waals surface area contributed by atoms with Crippen molar-refractivity contribution in [1.82, 2.24) is 10.6 Å². The average molecular weight is 380 g/mol. The Hall–Kier alpha value is -2.28. The standard InChI is InChI=1S/C20H33N3O4/c1-13(2)10-20(5,12-21)23-19(25)15-7-8-16(17(9-15)26-6)27-11-18(24)22-14(3)4/h7-9,13-14H,10-12,21H2,1-6H3,(H,22,24)(H,23,25). The molecule has 1 rings (SSSR count). The van der Waals surface area contributed by atoms with Crippen molar-refractivity contribution in [3.63, 3.8) is 0 Å². The highest BCUT2D eigenvalue weighted by Crippen LogP contribution is 2.28. The van der Waals surface area contributed by atoms with E-state index >= 15 is 0 Å². The van der Waals surface area contributed by atoms with Gasteiger partial charge in [0.25, 0.3) is 11.8 Å². The lowest BCUT2D eigenvalue weighted by molar-refractivity contribution is -0.123. The van der Waals surface area contributed by atoms with Crippen molar-refractivity contribution >= 4 is 11.8 Å². The van der Waals surface area contributed by atoms with Gasteiger partial charge in [0.1, 0.15) is 0 Å². The number of hydrogen-bond donors (Lipinski definition) is 3. The molecule has 0 bridgehead atoms. The van der Waals surface area contributed by atoms with Gasteiger partial charge in [-0.25, -0.2) is 0 Å². The molecule has 0 aliphatic carbocycles. The van der Waals surface area contributed by atoms with Gasteiger partial charge in [0, 0.05) is 23.7 Å². The first-order valence-corrected chi connectivity index (χ1v) is 9.23. The number of rotatable bonds is 10. The van der Waals surface area contributed by atoms with Crippen LogP contribution in [0, 0.1) is 5.92 Å². The van der Waals surface area contributed by atoms with Crippen LogP contribution in [-0.2, 0) is 4.79 Å². The lowest BCUT2D eigenvalue weighted by Gasteiger charge is -2.31. The topological polar surface area (TPSA) is 103 Å². The number of benzene rings is 1. The summed E-state index contributed by atoms with van der Waals surface area (Å²) >= 11 is 0. The van der Waals surface area contributed by atoms with Crippen LogP contribution in [0.2, 0.25) is 0 Å². The summed E-state index contributed by atoms with van der Waals surface area (Å²) in [5.74, 6) is 0.739. The highest BCUT2D eigenvalue weighted by atomic mass is 16.5. The summed E-state index contributed by atoms with van der Waals surface area (Å²) in [5, 5.41) is 5.76. The minimum atomic E-state index is -0.484. The van der Waals surface area contributed by atoms with E-state index in [2.05, 4.69) is 24.5 Å². The maximum Gasteiger partial charge on any atom is 0.258 e. The number of ether oxygens (including phenoxy) is 2. The molecular formula is C20H33N3O4. The van der Waals surface area contributed by atoms with Crippen LogP contribution in [0.3, 0.4) is 0 Å². The molecule has 0 spiro atoms. The minimum absolute atomic E-state index is 0.0387. The first kappa shape index (κ1) is 22.8. The molecule has 0 aliphatic rings. The highest BCUT2D eigenvalue weighted by molar-refractivity contribution is 5.95. The quantitative estimate of drug-likeness (QED) is 0.578. The van der Waals surface area contributed by atoms with Gasteiger partial charge in [0.15, 0.2) is 18.1 Å². The van der Waals surface area contributed by atoms with Crippen LogP contribution in [0.4, 0.5) is 0 Å². The molecule has 4 N–H and O–H groups in total. The van der Waals surface area contributed by atoms with Crippen molar-refractivity contribution in [2.45, 2.75) is 52.6 Å². The number of nitrogens with one attached hydrogen (secondary N) is 2. The van der Waals surface area contributed by atoms with E-state index < -0.39 is 5.54 Å². The van der Waals surface area contributed by atoms with Crippen LogP contribution in [0.25, 0.3) is 0 Å². The van der Waals surface area contributed by atoms with Gasteiger partial charge in [0.05, 0.1) is 7.11 Å². The van der Waals surface area contributed by atoms with Gasteiger partial charge >= 0.3 is 0 Å². The van der Waals surface area contributed by atoms with Crippen LogP contribution >= 0.6 is 0 Å². The van der Waals surface area contributed by atoms with E-state index in [0.29, 0.717) is 29.5 Å². The number of carbonyl (C=O) groups excluding carboxylic acids is 2. The van der Waals surface area contributed by atoms with Crippen molar-refractivity contribution in [3.8, 4) is 11.5 Å². The summed E-state index contributed by atoms with van der Waals surface area (Å²) in [5.41, 5.74) is 5.82. The van der Waals surface area contributed by atoms with Crippen molar-refractivity contribution in [3.05, 3.63) is 23.8 Å². The molecule has 0 heterocycles. The zero-order valence-corrected chi connectivity index (χ0v) is 17.2. The largest absolute Gasteiger partial charge is 0.493 e. The summed E-state index contributed by atoms with van der Waals surface area (Å²) in [7, 11) is 1.49. The molecule has 7 heteroatoms. The van der Waals surface area contributed by atoms with Crippen LogP contribution in [0.5, 0.6) is 11.5 Å². The fourth-order valence-electron chi connectivity index (χ4n) is 2.87. The number of hydrogen-bond acceptors (Lipinski definition) is 5. The van der Waals surface area contributed by atoms with Crippen LogP contribution in [0.1, 0.15) is 51.4 Å². The van der Waals surface area contributed by atoms with Gasteiger partial charge in [0.2, 0.25) is 0 Å². The first-order chi connectivity index (χ1) is 12.6. The lowest BCUT2D eigenvalue weighted by atomic mass is 9.90. The van der Waals surface area contributed by atoms with E-state index in [1.54, 1.807) is 18.2 Å². The summed E-state index contributed by atoms with van der Waals surface area (Å²) in [4.78, 5) is 24.4. The second-order valence-electron chi connectivity index (χ2n) is 7.69. The molecule has 1 aromatic rings. The Morgan fingerprint density at radius 3 is 2.37 bits per heavy atom. The molecule has 1 atom stereocenters. The Morgan fingerprint density at radius 2 is 1.85 bits per heavy atom. The second kappa shape index (κ2) is 10.2. The van der Waals surface area contributed by atoms with E-state index in [-0.39, 0.29) is 24.5 Å². The van der Waals surface area contributed by atoms with Crippen molar-refractivity contribution in [2.75, 3.05) is 20.3 Å². The molecule has 152 valence electrons. The molecular weight excluding hydrogens is 346 g/mol. The summed E-state index contributed by atoms with van der Waals surface area (Å²) < 4.78 is 10.8. The Balaban J connectivity index is 2.86. The molecule has 0 radical (unpaired) electrons. The summed E-state index contributed by atoms with van der Waals surface area (Å²) in [6, 6.07) is 4.90. The van der Waals surface area contributed by atoms with Crippen molar-refractivity contribution < 1.29 is 19.1 Å². The number of amides is 2. The Morgan fingerprint density at radius 1 is 1.19 bits per heavy atom. The zero-order valence-electron chi connectivity index (χ0n) is 17.2. The third-order valence-electron chi connectivity index (χ3n) is 3.96. The zero-order chi connectivity index (χ0) is 20.6. The third-order valence-corrected chi connectivity index (χ3v) is 3.96. The second-order valence-corrected chi connectivity index (χ2v) is 7.69. The van der Waals surface area contributed by atoms with E-state index in [0.717, 1.165) is 6.42 Å². The molecule has 0 saturated heterocycles. The molecule has 0 saturated carbocycles. The van der Waals surface area contributed by atoms with Gasteiger partial charge in [-0.1, -0.05) is 13.8 Å². The van der Waals surface area contributed by atoms with Gasteiger partial charge in [-0.2, -0.15) is 0 Å². The van der Waals surface area contributed by atoms with Crippen LogP contribution in [-0.4, -0.2) is 43.7 Å². The smallest absolute Gasteiger partial charge is 0.258 e. The van der Waals surface area contributed by atoms with Crippen molar-refractivity contribution in [1.29, 1.82) is 0 Å². The highest BCUT2D eigenvalue weighted by Gasteiger charge is 2.26. The Bertz CT molecular complexity index is 646. The monoisotopic (exact) mass is 379 g/mol. The van der Waals surface area contributed by atoms with Crippen LogP contribution < -0.4 is 25.8 Å². The Labute approximate surface area is 162 Å². The maximum atomic E-state index is 12.6. The van der Waals surface area contributed by atoms with E-state index in [4.69, 9.17) is 15.2 Å². The third kappa shape index (κ3) is 7.46. The average Bonchev–Trinajstić information content (AvgIpc) is 2.58. The molecule has 27 heavy (non-hydrogen) atoms. The van der Waals surface area contributed by atoms with Crippen LogP contribution in [0.15, 0.2) is 18.2 Å². The van der Waals surface area contributed by atoms with Gasteiger partial charge < -0.3 is 25.8 Å². The summed E-state index contributed by atoms with van der Waals surface area (Å²) in [6.07, 6.45) is 0.776. The fourth-order valence-corrected chi connectivity index (χ4v) is 2.87. The fraction of sp³-hybridized carbons (Fsp3) is 0.600. The molecule has 1 unspecified atom stereocenters. The number of methoxy groups -OCH3 is 1. The number of nitrogens with two attached hydrogens (primary N) is 1. The van der Waals surface area contributed by atoms with Crippen molar-refractivity contribution in [2.24, 2.45) is 11.7 Å². The molecule has 7 nitrogen and oxygen atoms in total. The summed E-state index contributed by atoms with van der Waals surface area (Å²) in [6.45, 7) is 10.1. The molecule has 2 amide bonds. The van der Waals surface area contributed by atoms with Gasteiger partial charge in [-0.3, -0.25) is 9.59 Å². The maximum absolute atomic E-state index is 12.6. The van der Waals surface area contributed by atoms with E-state index in [1.165, 1.54) is 7.11 Å². The first-order valence-electron chi connectivity index (χ1n) is 9.23. The van der Waals surface area contributed by atoms with E-state index in [9.17, 15) is 9.59 Å². The lowest BCUT2D eigenvalue weighted by Crippen LogP contribution is -2.52. The predicted octanol–water partition coefficient (Wildman–Crippen LogP) is 2.09. The number of carbonyl (C=O) groups is 2.